The first-order valence-corrected chi connectivity index (χ1v) is 12.7. The summed E-state index contributed by atoms with van der Waals surface area (Å²) in [5.41, 5.74) is 8.37. The molecule has 0 spiro atoms. The van der Waals surface area contributed by atoms with Gasteiger partial charge in [-0.3, -0.25) is 14.7 Å². The van der Waals surface area contributed by atoms with E-state index in [-0.39, 0.29) is 29.1 Å². The number of nitrogen functional groups attached to an aromatic ring is 1. The number of aryl methyl sites for hydroxylation is 1. The fourth-order valence-corrected chi connectivity index (χ4v) is 4.57. The summed E-state index contributed by atoms with van der Waals surface area (Å²) < 4.78 is 0. The molecule has 0 bridgehead atoms. The number of hydrogen-bond acceptors (Lipinski definition) is 9. The molecule has 3 heterocycles. The van der Waals surface area contributed by atoms with E-state index in [9.17, 15) is 9.59 Å². The highest BCUT2D eigenvalue weighted by molar-refractivity contribution is 7.99. The van der Waals surface area contributed by atoms with Crippen LogP contribution in [-0.4, -0.2) is 75.0 Å². The number of aromatic nitrogens is 4. The van der Waals surface area contributed by atoms with E-state index in [1.807, 2.05) is 44.3 Å². The quantitative estimate of drug-likeness (QED) is 0.355. The van der Waals surface area contributed by atoms with Gasteiger partial charge in [-0.25, -0.2) is 9.97 Å². The maximum Gasteiger partial charge on any atom is 0.274 e. The van der Waals surface area contributed by atoms with Gasteiger partial charge >= 0.3 is 0 Å². The largest absolute Gasteiger partial charge is 0.394 e. The SMILES string of the molecule is Cc1cc(Nc2nc(Sc3ccc(NC(=O)C4CC4)cc3)nc(C(=O)N3CCN(C)CC3)c2N)n[nH]1. The van der Waals surface area contributed by atoms with Crippen LogP contribution in [0, 0.1) is 12.8 Å². The Labute approximate surface area is 213 Å². The molecule has 2 aliphatic rings. The maximum atomic E-state index is 13.4. The minimum Gasteiger partial charge on any atom is -0.394 e. The van der Waals surface area contributed by atoms with Crippen LogP contribution in [0.4, 0.5) is 23.0 Å². The number of amides is 2. The lowest BCUT2D eigenvalue weighted by Gasteiger charge is -2.32. The van der Waals surface area contributed by atoms with Crippen LogP contribution < -0.4 is 16.4 Å². The smallest absolute Gasteiger partial charge is 0.274 e. The zero-order chi connectivity index (χ0) is 25.2. The molecule has 3 aromatic rings. The van der Waals surface area contributed by atoms with Crippen LogP contribution in [0.15, 0.2) is 40.4 Å². The summed E-state index contributed by atoms with van der Waals surface area (Å²) in [4.78, 5) is 39.4. The van der Waals surface area contributed by atoms with Gasteiger partial charge in [0.15, 0.2) is 22.5 Å². The van der Waals surface area contributed by atoms with Crippen LogP contribution in [0.25, 0.3) is 0 Å². The van der Waals surface area contributed by atoms with Gasteiger partial charge in [0.1, 0.15) is 5.69 Å². The van der Waals surface area contributed by atoms with Gasteiger partial charge in [0, 0.05) is 54.4 Å². The molecule has 2 aromatic heterocycles. The van der Waals surface area contributed by atoms with Gasteiger partial charge in [-0.2, -0.15) is 5.10 Å². The first-order chi connectivity index (χ1) is 17.4. The van der Waals surface area contributed by atoms with E-state index in [2.05, 4.69) is 35.7 Å². The van der Waals surface area contributed by atoms with E-state index in [1.54, 1.807) is 4.90 Å². The monoisotopic (exact) mass is 507 g/mol. The molecule has 1 aromatic carbocycles. The number of carbonyl (C=O) groups excluding carboxylic acids is 2. The molecule has 5 N–H and O–H groups in total. The van der Waals surface area contributed by atoms with Crippen LogP contribution in [-0.2, 0) is 4.79 Å². The van der Waals surface area contributed by atoms with Crippen LogP contribution >= 0.6 is 11.8 Å². The van der Waals surface area contributed by atoms with Gasteiger partial charge < -0.3 is 26.2 Å². The second-order valence-corrected chi connectivity index (χ2v) is 10.2. The van der Waals surface area contributed by atoms with E-state index < -0.39 is 0 Å². The third-order valence-corrected chi connectivity index (χ3v) is 7.02. The molecule has 0 radical (unpaired) electrons. The summed E-state index contributed by atoms with van der Waals surface area (Å²) in [7, 11) is 2.03. The van der Waals surface area contributed by atoms with Crippen LogP contribution in [0.5, 0.6) is 0 Å². The highest BCUT2D eigenvalue weighted by Gasteiger charge is 2.29. The summed E-state index contributed by atoms with van der Waals surface area (Å²) in [6.45, 7) is 4.69. The Morgan fingerprint density at radius 2 is 1.83 bits per heavy atom. The normalized spacial score (nSPS) is 16.1. The number of hydrogen-bond donors (Lipinski definition) is 4. The molecule has 0 atom stereocenters. The number of carbonyl (C=O) groups is 2. The molecular weight excluding hydrogens is 478 g/mol. The second-order valence-electron chi connectivity index (χ2n) is 9.16. The van der Waals surface area contributed by atoms with Crippen molar-refractivity contribution in [3.8, 4) is 0 Å². The van der Waals surface area contributed by atoms with E-state index in [4.69, 9.17) is 5.73 Å². The topological polar surface area (TPSA) is 145 Å². The van der Waals surface area contributed by atoms with Crippen molar-refractivity contribution in [2.24, 2.45) is 5.92 Å². The minimum atomic E-state index is -0.218. The Kier molecular flexibility index (Phi) is 6.79. The van der Waals surface area contributed by atoms with Crippen molar-refractivity contribution in [1.82, 2.24) is 30.0 Å². The number of nitrogens with two attached hydrogens (primary N) is 1. The molecule has 5 rings (SSSR count). The van der Waals surface area contributed by atoms with E-state index in [0.717, 1.165) is 42.2 Å². The highest BCUT2D eigenvalue weighted by atomic mass is 32.2. The van der Waals surface area contributed by atoms with Crippen molar-refractivity contribution in [3.05, 3.63) is 41.7 Å². The van der Waals surface area contributed by atoms with Gasteiger partial charge in [-0.1, -0.05) is 0 Å². The molecule has 1 saturated carbocycles. The molecule has 1 saturated heterocycles. The van der Waals surface area contributed by atoms with Crippen molar-refractivity contribution in [2.45, 2.75) is 29.8 Å². The average molecular weight is 508 g/mol. The average Bonchev–Trinajstić information content (AvgIpc) is 3.64. The molecule has 12 heteroatoms. The number of H-pyrrole nitrogens is 1. The van der Waals surface area contributed by atoms with E-state index in [1.165, 1.54) is 11.8 Å². The Morgan fingerprint density at radius 3 is 2.47 bits per heavy atom. The summed E-state index contributed by atoms with van der Waals surface area (Å²) in [6.07, 6.45) is 1.91. The first-order valence-electron chi connectivity index (χ1n) is 11.9. The molecule has 188 valence electrons. The van der Waals surface area contributed by atoms with Gasteiger partial charge in [0.05, 0.1) is 0 Å². The first kappa shape index (κ1) is 24.1. The van der Waals surface area contributed by atoms with Crippen molar-refractivity contribution >= 4 is 46.6 Å². The van der Waals surface area contributed by atoms with Crippen molar-refractivity contribution in [2.75, 3.05) is 49.6 Å². The summed E-state index contributed by atoms with van der Waals surface area (Å²) >= 11 is 1.31. The lowest BCUT2D eigenvalue weighted by Crippen LogP contribution is -2.47. The van der Waals surface area contributed by atoms with Crippen LogP contribution in [0.1, 0.15) is 29.0 Å². The fourth-order valence-electron chi connectivity index (χ4n) is 3.82. The summed E-state index contributed by atoms with van der Waals surface area (Å²) in [6, 6.07) is 9.30. The zero-order valence-corrected chi connectivity index (χ0v) is 21.1. The Hall–Kier alpha value is -3.64. The maximum absolute atomic E-state index is 13.4. The minimum absolute atomic E-state index is 0.0636. The molecule has 2 amide bonds. The number of anilines is 4. The third kappa shape index (κ3) is 5.60. The van der Waals surface area contributed by atoms with Gasteiger partial charge in [0.25, 0.3) is 5.91 Å². The predicted octanol–water partition coefficient (Wildman–Crippen LogP) is 2.72. The Balaban J connectivity index is 1.40. The number of nitrogens with one attached hydrogen (secondary N) is 3. The van der Waals surface area contributed by atoms with Gasteiger partial charge in [0.2, 0.25) is 5.91 Å². The predicted molar refractivity (Wildman–Crippen MR) is 138 cm³/mol. The molecule has 11 nitrogen and oxygen atoms in total. The number of rotatable bonds is 7. The third-order valence-electron chi connectivity index (χ3n) is 6.15. The fraction of sp³-hybridized carbons (Fsp3) is 0.375. The number of aromatic amines is 1. The zero-order valence-electron chi connectivity index (χ0n) is 20.2. The molecule has 36 heavy (non-hydrogen) atoms. The molecule has 1 aliphatic heterocycles. The second kappa shape index (κ2) is 10.2. The van der Waals surface area contributed by atoms with E-state index >= 15 is 0 Å². The lowest BCUT2D eigenvalue weighted by molar-refractivity contribution is -0.117. The number of piperazine rings is 1. The van der Waals surface area contributed by atoms with Crippen molar-refractivity contribution in [1.29, 1.82) is 0 Å². The Bertz CT molecular complexity index is 1270. The molecule has 0 unspecified atom stereocenters. The van der Waals surface area contributed by atoms with Crippen LogP contribution in [0.2, 0.25) is 0 Å². The van der Waals surface area contributed by atoms with Crippen molar-refractivity contribution < 1.29 is 9.59 Å². The number of likely N-dealkylation sites (N-methyl/N-ethyl adjacent to an activating group) is 1. The summed E-state index contributed by atoms with van der Waals surface area (Å²) in [5.74, 6) is 0.855. The molecule has 2 fully saturated rings. The van der Waals surface area contributed by atoms with Gasteiger partial charge in [-0.05, 0) is 62.8 Å². The number of benzene rings is 1. The number of nitrogens with zero attached hydrogens (tertiary/aromatic N) is 5. The van der Waals surface area contributed by atoms with E-state index in [0.29, 0.717) is 29.9 Å². The summed E-state index contributed by atoms with van der Waals surface area (Å²) in [5, 5.41) is 13.5. The standard InChI is InChI=1S/C24H29N9O2S/c1-14-13-18(31-30-14)27-21-19(25)20(23(35)33-11-9-32(2)10-12-33)28-24(29-21)36-17-7-5-16(6-8-17)26-22(34)15-3-4-15/h5-8,13,15H,3-4,9-12,25H2,1-2H3,(H,26,34)(H2,27,28,29,30,31). The highest BCUT2D eigenvalue weighted by Crippen LogP contribution is 2.33. The van der Waals surface area contributed by atoms with Gasteiger partial charge in [-0.15, -0.1) is 0 Å². The van der Waals surface area contributed by atoms with Crippen molar-refractivity contribution in [3.63, 3.8) is 0 Å². The Morgan fingerprint density at radius 1 is 1.11 bits per heavy atom. The van der Waals surface area contributed by atoms with Crippen LogP contribution in [0.3, 0.4) is 0 Å². The molecular formula is C24H29N9O2S. The molecule has 1 aliphatic carbocycles. The lowest BCUT2D eigenvalue weighted by atomic mass is 10.2.